The van der Waals surface area contributed by atoms with Gasteiger partial charge in [0.1, 0.15) is 0 Å². The van der Waals surface area contributed by atoms with Gasteiger partial charge in [0.15, 0.2) is 5.82 Å². The Balaban J connectivity index is 1.06. The van der Waals surface area contributed by atoms with E-state index in [1.54, 1.807) is 0 Å². The maximum atomic E-state index is 5.14. The minimum Gasteiger partial charge on any atom is -0.228 e. The molecule has 8 aromatic carbocycles. The van der Waals surface area contributed by atoms with E-state index < -0.39 is 5.41 Å². The van der Waals surface area contributed by atoms with Crippen molar-refractivity contribution in [2.24, 2.45) is 0 Å². The van der Waals surface area contributed by atoms with Crippen LogP contribution < -0.4 is 0 Å². The topological polar surface area (TPSA) is 25.8 Å². The standard InChI is InChI=1S/C54H38N2/c1-53(2)46-22-12-13-23-48(46)54(44-20-10-8-18-42(44)43-19-9-11-21-45(43)54)49-33-40(30-31-47(49)53)36-24-27-37(28-25-36)50-34-51(56-52(55-50)38-15-4-3-5-16-38)41-29-26-35-14-6-7-17-39(35)32-41/h3-34H,1-2H3. The van der Waals surface area contributed by atoms with Crippen LogP contribution in [0.4, 0.5) is 0 Å². The quantitative estimate of drug-likeness (QED) is 0.181. The van der Waals surface area contributed by atoms with Crippen LogP contribution in [-0.4, -0.2) is 9.97 Å². The SMILES string of the molecule is CC1(C)c2ccccc2C2(c3ccccc3-c3ccccc32)c2cc(-c3ccc(-c4cc(-c5ccc6ccccc6c5)nc(-c5ccccc5)n4)cc3)ccc21. The van der Waals surface area contributed by atoms with Crippen LogP contribution in [0.3, 0.4) is 0 Å². The van der Waals surface area contributed by atoms with Crippen LogP contribution in [0.15, 0.2) is 194 Å². The lowest BCUT2D eigenvalue weighted by Crippen LogP contribution is -2.40. The number of benzene rings is 8. The van der Waals surface area contributed by atoms with Crippen molar-refractivity contribution in [3.8, 4) is 56.2 Å². The molecule has 0 aliphatic heterocycles. The molecule has 1 heterocycles. The molecule has 0 bridgehead atoms. The van der Waals surface area contributed by atoms with Crippen molar-refractivity contribution in [1.29, 1.82) is 0 Å². The minimum atomic E-state index is -0.418. The number of rotatable bonds is 4. The van der Waals surface area contributed by atoms with Gasteiger partial charge in [0.2, 0.25) is 0 Å². The number of hydrogen-bond acceptors (Lipinski definition) is 2. The fourth-order valence-corrected chi connectivity index (χ4v) is 9.68. The summed E-state index contributed by atoms with van der Waals surface area (Å²) in [5, 5.41) is 2.41. The van der Waals surface area contributed by atoms with Gasteiger partial charge >= 0.3 is 0 Å². The van der Waals surface area contributed by atoms with E-state index >= 15 is 0 Å². The summed E-state index contributed by atoms with van der Waals surface area (Å²) < 4.78 is 0. The van der Waals surface area contributed by atoms with Crippen molar-refractivity contribution in [2.45, 2.75) is 24.7 Å². The number of fused-ring (bicyclic) bond motifs is 10. The largest absolute Gasteiger partial charge is 0.228 e. The normalized spacial score (nSPS) is 14.2. The number of hydrogen-bond donors (Lipinski definition) is 0. The second-order valence-corrected chi connectivity index (χ2v) is 15.7. The van der Waals surface area contributed by atoms with E-state index in [0.29, 0.717) is 0 Å². The highest BCUT2D eigenvalue weighted by molar-refractivity contribution is 5.90. The van der Waals surface area contributed by atoms with Crippen molar-refractivity contribution in [3.63, 3.8) is 0 Å². The first-order valence-electron chi connectivity index (χ1n) is 19.5. The van der Waals surface area contributed by atoms with E-state index in [0.717, 1.165) is 33.9 Å². The lowest BCUT2D eigenvalue weighted by molar-refractivity contribution is 0.563. The van der Waals surface area contributed by atoms with E-state index in [1.807, 2.05) is 18.2 Å². The molecule has 0 saturated heterocycles. The molecule has 1 aromatic heterocycles. The highest BCUT2D eigenvalue weighted by Crippen LogP contribution is 2.62. The van der Waals surface area contributed by atoms with E-state index in [-0.39, 0.29) is 5.41 Å². The van der Waals surface area contributed by atoms with Gasteiger partial charge in [-0.3, -0.25) is 0 Å². The maximum Gasteiger partial charge on any atom is 0.160 e. The highest BCUT2D eigenvalue weighted by atomic mass is 14.9. The Kier molecular flexibility index (Phi) is 7.15. The summed E-state index contributed by atoms with van der Waals surface area (Å²) in [5.74, 6) is 0.718. The molecule has 0 atom stereocenters. The molecule has 2 aliphatic rings. The second kappa shape index (κ2) is 12.3. The second-order valence-electron chi connectivity index (χ2n) is 15.7. The predicted octanol–water partition coefficient (Wildman–Crippen LogP) is 13.3. The van der Waals surface area contributed by atoms with Crippen molar-refractivity contribution in [3.05, 3.63) is 228 Å². The van der Waals surface area contributed by atoms with Crippen molar-refractivity contribution < 1.29 is 0 Å². The molecule has 56 heavy (non-hydrogen) atoms. The molecule has 0 fully saturated rings. The Bertz CT molecular complexity index is 2950. The van der Waals surface area contributed by atoms with Gasteiger partial charge in [-0.1, -0.05) is 190 Å². The van der Waals surface area contributed by atoms with E-state index in [1.165, 1.54) is 66.4 Å². The van der Waals surface area contributed by atoms with Gasteiger partial charge in [-0.2, -0.15) is 0 Å². The van der Waals surface area contributed by atoms with Gasteiger partial charge in [-0.15, -0.1) is 0 Å². The van der Waals surface area contributed by atoms with Crippen LogP contribution in [0.5, 0.6) is 0 Å². The van der Waals surface area contributed by atoms with Crippen molar-refractivity contribution >= 4 is 10.8 Å². The molecule has 2 aliphatic carbocycles. The summed E-state index contributed by atoms with van der Waals surface area (Å²) in [6.07, 6.45) is 0. The zero-order valence-corrected chi connectivity index (χ0v) is 31.4. The molecule has 0 amide bonds. The molecule has 1 spiro atoms. The molecular formula is C54H38N2. The van der Waals surface area contributed by atoms with Crippen LogP contribution in [0.25, 0.3) is 66.9 Å². The zero-order valence-electron chi connectivity index (χ0n) is 31.4. The average Bonchev–Trinajstić information content (AvgIpc) is 3.56. The average molecular weight is 715 g/mol. The third-order valence-electron chi connectivity index (χ3n) is 12.4. The van der Waals surface area contributed by atoms with E-state index in [4.69, 9.17) is 9.97 Å². The first-order chi connectivity index (χ1) is 27.5. The number of nitrogens with zero attached hydrogens (tertiary/aromatic N) is 2. The smallest absolute Gasteiger partial charge is 0.160 e. The molecule has 0 radical (unpaired) electrons. The Morgan fingerprint density at radius 3 is 1.55 bits per heavy atom. The minimum absolute atomic E-state index is 0.168. The highest BCUT2D eigenvalue weighted by Gasteiger charge is 2.53. The zero-order chi connectivity index (χ0) is 37.4. The van der Waals surface area contributed by atoms with Gasteiger partial charge in [-0.05, 0) is 84.6 Å². The van der Waals surface area contributed by atoms with Gasteiger partial charge < -0.3 is 0 Å². The Labute approximate surface area is 327 Å². The first kappa shape index (κ1) is 32.5. The molecule has 264 valence electrons. The molecule has 11 rings (SSSR count). The summed E-state index contributed by atoms with van der Waals surface area (Å²) in [6, 6.07) is 70.8. The third-order valence-corrected chi connectivity index (χ3v) is 12.4. The summed E-state index contributed by atoms with van der Waals surface area (Å²) in [7, 11) is 0. The van der Waals surface area contributed by atoms with Gasteiger partial charge in [0, 0.05) is 22.1 Å². The monoisotopic (exact) mass is 714 g/mol. The van der Waals surface area contributed by atoms with Crippen LogP contribution in [0.1, 0.15) is 47.2 Å². The Morgan fingerprint density at radius 1 is 0.321 bits per heavy atom. The van der Waals surface area contributed by atoms with Gasteiger partial charge in [0.05, 0.1) is 16.8 Å². The molecule has 2 nitrogen and oxygen atoms in total. The van der Waals surface area contributed by atoms with Crippen LogP contribution in [-0.2, 0) is 10.8 Å². The van der Waals surface area contributed by atoms with Crippen LogP contribution in [0, 0.1) is 0 Å². The lowest BCUT2D eigenvalue weighted by Gasteiger charge is -2.46. The van der Waals surface area contributed by atoms with E-state index in [2.05, 4.69) is 190 Å². The maximum absolute atomic E-state index is 5.14. The summed E-state index contributed by atoms with van der Waals surface area (Å²) >= 11 is 0. The van der Waals surface area contributed by atoms with Crippen molar-refractivity contribution in [2.75, 3.05) is 0 Å². The predicted molar refractivity (Wildman–Crippen MR) is 231 cm³/mol. The molecule has 2 heteroatoms. The summed E-state index contributed by atoms with van der Waals surface area (Å²) in [5.41, 5.74) is 17.6. The van der Waals surface area contributed by atoms with Crippen LogP contribution in [0.2, 0.25) is 0 Å². The molecule has 0 N–H and O–H groups in total. The fraction of sp³-hybridized carbons (Fsp3) is 0.0741. The van der Waals surface area contributed by atoms with Gasteiger partial charge in [-0.25, -0.2) is 9.97 Å². The molecule has 0 saturated carbocycles. The van der Waals surface area contributed by atoms with Crippen LogP contribution >= 0.6 is 0 Å². The van der Waals surface area contributed by atoms with E-state index in [9.17, 15) is 0 Å². The summed E-state index contributed by atoms with van der Waals surface area (Å²) in [6.45, 7) is 4.77. The first-order valence-corrected chi connectivity index (χ1v) is 19.5. The fourth-order valence-electron chi connectivity index (χ4n) is 9.68. The molecule has 9 aromatic rings. The third kappa shape index (κ3) is 4.75. The van der Waals surface area contributed by atoms with Gasteiger partial charge in [0.25, 0.3) is 0 Å². The Morgan fingerprint density at radius 2 is 0.839 bits per heavy atom. The summed E-state index contributed by atoms with van der Waals surface area (Å²) in [4.78, 5) is 10.2. The Hall–Kier alpha value is -6.90. The molecular weight excluding hydrogens is 677 g/mol. The number of aromatic nitrogens is 2. The van der Waals surface area contributed by atoms with Crippen molar-refractivity contribution in [1.82, 2.24) is 9.97 Å². The lowest BCUT2D eigenvalue weighted by atomic mass is 9.55. The molecule has 0 unspecified atom stereocenters.